The molecule has 178 valence electrons. The third-order valence-electron chi connectivity index (χ3n) is 7.56. The number of piperidine rings is 1. The molecule has 0 radical (unpaired) electrons. The Hall–Kier alpha value is -3.06. The van der Waals surface area contributed by atoms with Crippen LogP contribution < -0.4 is 5.56 Å². The molecule has 2 aromatic carbocycles. The van der Waals surface area contributed by atoms with Gasteiger partial charge >= 0.3 is 0 Å². The number of likely N-dealkylation sites (tertiary alicyclic amines) is 1. The molecular weight excluding hydrogens is 431 g/mol. The van der Waals surface area contributed by atoms with Crippen molar-refractivity contribution in [3.8, 4) is 0 Å². The van der Waals surface area contributed by atoms with Crippen LogP contribution in [0.3, 0.4) is 0 Å². The van der Waals surface area contributed by atoms with Crippen LogP contribution in [0.1, 0.15) is 54.2 Å². The highest BCUT2D eigenvalue weighted by Gasteiger charge is 2.38. The van der Waals surface area contributed by atoms with Crippen LogP contribution >= 0.6 is 0 Å². The summed E-state index contributed by atoms with van der Waals surface area (Å²) in [5.74, 6) is -0.353. The van der Waals surface area contributed by atoms with Crippen LogP contribution in [0.25, 0.3) is 10.8 Å². The molecule has 2 fully saturated rings. The van der Waals surface area contributed by atoms with E-state index in [1.54, 1.807) is 18.2 Å². The van der Waals surface area contributed by atoms with Gasteiger partial charge in [0.1, 0.15) is 5.82 Å². The number of H-pyrrole nitrogens is 1. The van der Waals surface area contributed by atoms with Gasteiger partial charge in [-0.15, -0.1) is 0 Å². The van der Waals surface area contributed by atoms with Gasteiger partial charge in [-0.3, -0.25) is 9.59 Å². The van der Waals surface area contributed by atoms with Crippen LogP contribution in [0.4, 0.5) is 4.39 Å². The number of rotatable bonds is 6. The van der Waals surface area contributed by atoms with Gasteiger partial charge in [0, 0.05) is 37.0 Å². The second-order valence-electron chi connectivity index (χ2n) is 9.71. The number of nitrogens with one attached hydrogen (secondary N) is 1. The van der Waals surface area contributed by atoms with Gasteiger partial charge in [0.2, 0.25) is 0 Å². The van der Waals surface area contributed by atoms with E-state index in [0.717, 1.165) is 23.8 Å². The van der Waals surface area contributed by atoms with E-state index < -0.39 is 5.82 Å². The molecule has 2 aliphatic rings. The Balaban J connectivity index is 1.36. The van der Waals surface area contributed by atoms with Gasteiger partial charge in [-0.25, -0.2) is 9.49 Å². The van der Waals surface area contributed by atoms with E-state index in [9.17, 15) is 14.0 Å². The van der Waals surface area contributed by atoms with Gasteiger partial charge in [0.15, 0.2) is 0 Å². The van der Waals surface area contributed by atoms with Crippen molar-refractivity contribution in [1.82, 2.24) is 20.0 Å². The summed E-state index contributed by atoms with van der Waals surface area (Å²) >= 11 is 0. The van der Waals surface area contributed by atoms with Crippen molar-refractivity contribution >= 4 is 16.7 Å². The van der Waals surface area contributed by atoms with Gasteiger partial charge in [-0.2, -0.15) is 5.10 Å². The second-order valence-corrected chi connectivity index (χ2v) is 9.71. The van der Waals surface area contributed by atoms with Crippen molar-refractivity contribution in [2.24, 2.45) is 5.92 Å². The third-order valence-corrected chi connectivity index (χ3v) is 7.56. The maximum Gasteiger partial charge on any atom is 0.272 e. The van der Waals surface area contributed by atoms with E-state index in [1.165, 1.54) is 18.9 Å². The number of hydrogen-bond acceptors (Lipinski definition) is 4. The molecule has 2 atom stereocenters. The van der Waals surface area contributed by atoms with Crippen molar-refractivity contribution in [3.63, 3.8) is 0 Å². The Kier molecular flexibility index (Phi) is 6.21. The fourth-order valence-electron chi connectivity index (χ4n) is 5.41. The molecule has 2 heterocycles. The van der Waals surface area contributed by atoms with Gasteiger partial charge in [0.05, 0.1) is 16.6 Å². The van der Waals surface area contributed by atoms with Crippen LogP contribution in [-0.4, -0.2) is 58.1 Å². The third kappa shape index (κ3) is 4.37. The predicted molar refractivity (Wildman–Crippen MR) is 130 cm³/mol. The number of fused-ring (bicyclic) bond motifs is 1. The van der Waals surface area contributed by atoms with E-state index in [1.807, 2.05) is 23.1 Å². The molecule has 1 N–H and O–H groups in total. The summed E-state index contributed by atoms with van der Waals surface area (Å²) in [6, 6.07) is 13.1. The van der Waals surface area contributed by atoms with E-state index >= 15 is 0 Å². The number of aromatic nitrogens is 2. The molecule has 1 saturated carbocycles. The zero-order chi connectivity index (χ0) is 23.8. The van der Waals surface area contributed by atoms with Crippen molar-refractivity contribution < 1.29 is 9.18 Å². The first-order valence-electron chi connectivity index (χ1n) is 12.2. The SMILES string of the molecule is CCC1CN(C(=O)c2cc(Cc3n[nH]c(=O)c4ccccc34)ccc2F)CCC1N(C)C1CC1. The Morgan fingerprint density at radius 1 is 1.18 bits per heavy atom. The molecular formula is C27H31FN4O2. The molecule has 0 bridgehead atoms. The number of aromatic amines is 1. The smallest absolute Gasteiger partial charge is 0.272 e. The first-order chi connectivity index (χ1) is 16.5. The van der Waals surface area contributed by atoms with Crippen molar-refractivity contribution in [2.45, 2.75) is 51.1 Å². The van der Waals surface area contributed by atoms with E-state index in [-0.39, 0.29) is 17.0 Å². The standard InChI is InChI=1S/C27H31FN4O2/c1-3-18-16-32(13-12-25(18)31(2)19-9-10-19)27(34)22-14-17(8-11-23(22)28)15-24-20-6-4-5-7-21(20)26(33)30-29-24/h4-8,11,14,18-19,25H,3,9-10,12-13,15-16H2,1-2H3,(H,30,33). The number of nitrogens with zero attached hydrogens (tertiary/aromatic N) is 3. The minimum absolute atomic E-state index is 0.107. The fraction of sp³-hybridized carbons (Fsp3) is 0.444. The largest absolute Gasteiger partial charge is 0.338 e. The lowest BCUT2D eigenvalue weighted by Crippen LogP contribution is -2.52. The van der Waals surface area contributed by atoms with E-state index in [0.29, 0.717) is 48.6 Å². The van der Waals surface area contributed by atoms with Crippen LogP contribution in [0.5, 0.6) is 0 Å². The highest BCUT2D eigenvalue weighted by Crippen LogP contribution is 2.34. The zero-order valence-corrected chi connectivity index (χ0v) is 19.8. The quantitative estimate of drug-likeness (QED) is 0.602. The highest BCUT2D eigenvalue weighted by atomic mass is 19.1. The first-order valence-corrected chi connectivity index (χ1v) is 12.2. The Morgan fingerprint density at radius 2 is 1.94 bits per heavy atom. The summed E-state index contributed by atoms with van der Waals surface area (Å²) < 4.78 is 14.8. The van der Waals surface area contributed by atoms with Crippen molar-refractivity contribution in [1.29, 1.82) is 0 Å². The van der Waals surface area contributed by atoms with E-state index in [2.05, 4.69) is 29.1 Å². The molecule has 7 heteroatoms. The summed E-state index contributed by atoms with van der Waals surface area (Å²) in [6.45, 7) is 3.48. The number of benzene rings is 2. The fourth-order valence-corrected chi connectivity index (χ4v) is 5.41. The Morgan fingerprint density at radius 3 is 2.68 bits per heavy atom. The predicted octanol–water partition coefficient (Wildman–Crippen LogP) is 3.99. The van der Waals surface area contributed by atoms with Crippen LogP contribution in [0.2, 0.25) is 0 Å². The first kappa shape index (κ1) is 22.7. The van der Waals surface area contributed by atoms with Crippen LogP contribution in [-0.2, 0) is 6.42 Å². The maximum atomic E-state index is 14.8. The molecule has 1 aromatic heterocycles. The minimum atomic E-state index is -0.502. The summed E-state index contributed by atoms with van der Waals surface area (Å²) in [5.41, 5.74) is 1.34. The van der Waals surface area contributed by atoms with Gasteiger partial charge < -0.3 is 9.80 Å². The number of carbonyl (C=O) groups excluding carboxylic acids is 1. The van der Waals surface area contributed by atoms with Gasteiger partial charge in [0.25, 0.3) is 11.5 Å². The molecule has 1 saturated heterocycles. The topological polar surface area (TPSA) is 69.3 Å². The lowest BCUT2D eigenvalue weighted by atomic mass is 9.88. The van der Waals surface area contributed by atoms with Gasteiger partial charge in [-0.1, -0.05) is 37.6 Å². The zero-order valence-electron chi connectivity index (χ0n) is 19.8. The van der Waals surface area contributed by atoms with Crippen LogP contribution in [0, 0.1) is 11.7 Å². The second kappa shape index (κ2) is 9.29. The monoisotopic (exact) mass is 462 g/mol. The lowest BCUT2D eigenvalue weighted by Gasteiger charge is -2.42. The minimum Gasteiger partial charge on any atom is -0.338 e. The molecule has 6 nitrogen and oxygen atoms in total. The molecule has 1 aliphatic heterocycles. The molecule has 2 unspecified atom stereocenters. The normalized spacial score (nSPS) is 20.8. The maximum absolute atomic E-state index is 14.8. The average molecular weight is 463 g/mol. The molecule has 34 heavy (non-hydrogen) atoms. The number of halogens is 1. The van der Waals surface area contributed by atoms with Crippen molar-refractivity contribution in [2.75, 3.05) is 20.1 Å². The number of amides is 1. The molecule has 3 aromatic rings. The molecule has 1 amide bonds. The number of hydrogen-bond donors (Lipinski definition) is 1. The Labute approximate surface area is 198 Å². The summed E-state index contributed by atoms with van der Waals surface area (Å²) in [5, 5.41) is 8.09. The van der Waals surface area contributed by atoms with Gasteiger partial charge in [-0.05, 0) is 56.0 Å². The average Bonchev–Trinajstić information content (AvgIpc) is 3.71. The summed E-state index contributed by atoms with van der Waals surface area (Å²) in [7, 11) is 2.21. The highest BCUT2D eigenvalue weighted by molar-refractivity contribution is 5.95. The summed E-state index contributed by atoms with van der Waals surface area (Å²) in [4.78, 5) is 29.8. The van der Waals surface area contributed by atoms with Crippen LogP contribution in [0.15, 0.2) is 47.3 Å². The molecule has 1 aliphatic carbocycles. The molecule has 0 spiro atoms. The lowest BCUT2D eigenvalue weighted by molar-refractivity contribution is 0.0452. The summed E-state index contributed by atoms with van der Waals surface area (Å²) in [6.07, 6.45) is 4.85. The van der Waals surface area contributed by atoms with Crippen molar-refractivity contribution in [3.05, 3.63) is 75.5 Å². The molecule has 5 rings (SSSR count). The van der Waals surface area contributed by atoms with E-state index in [4.69, 9.17) is 0 Å². The number of carbonyl (C=O) groups is 1. The Bertz CT molecular complexity index is 1270.